The molecule has 0 aromatic heterocycles. The predicted molar refractivity (Wildman–Crippen MR) is 108 cm³/mol. The summed E-state index contributed by atoms with van der Waals surface area (Å²) in [6.07, 6.45) is 6.62. The number of hydrogen-bond donors (Lipinski definition) is 2. The van der Waals surface area contributed by atoms with Crippen LogP contribution in [0.1, 0.15) is 51.9 Å². The van der Waals surface area contributed by atoms with Crippen LogP contribution in [0.25, 0.3) is 0 Å². The number of phosphoric ester groups is 1. The first-order chi connectivity index (χ1) is 13.5. The maximum atomic E-state index is 11.1. The summed E-state index contributed by atoms with van der Waals surface area (Å²) in [5.74, 6) is 0.800. The molecular weight excluding hydrogens is 383 g/mol. The second kappa shape index (κ2) is 15.9. The lowest BCUT2D eigenvalue weighted by atomic mass is 10.1. The monoisotopic (exact) mass is 418 g/mol. The van der Waals surface area contributed by atoms with E-state index in [1.165, 1.54) is 19.3 Å². The SMILES string of the molecule is CCCCCCCCC(COCCOCCOc1ccccc1)OP(=O)(O)O. The third-order valence-electron chi connectivity index (χ3n) is 4.08. The van der Waals surface area contributed by atoms with Gasteiger partial charge in [0.15, 0.2) is 0 Å². The van der Waals surface area contributed by atoms with Gasteiger partial charge in [0.05, 0.1) is 32.5 Å². The zero-order valence-corrected chi connectivity index (χ0v) is 17.7. The highest BCUT2D eigenvalue weighted by Crippen LogP contribution is 2.38. The lowest BCUT2D eigenvalue weighted by Gasteiger charge is -2.18. The van der Waals surface area contributed by atoms with E-state index < -0.39 is 13.9 Å². The minimum absolute atomic E-state index is 0.143. The molecule has 0 radical (unpaired) electrons. The van der Waals surface area contributed by atoms with E-state index in [0.29, 0.717) is 32.8 Å². The standard InChI is InChI=1S/C20H35O7P/c1-2-3-4-5-6-8-13-20(27-28(21,22)23)18-25-15-14-24-16-17-26-19-11-9-7-10-12-19/h7,9-12,20H,2-6,8,13-18H2,1H3,(H2,21,22,23). The fourth-order valence-electron chi connectivity index (χ4n) is 2.68. The molecule has 1 atom stereocenters. The van der Waals surface area contributed by atoms with Gasteiger partial charge in [-0.25, -0.2) is 4.57 Å². The van der Waals surface area contributed by atoms with Crippen LogP contribution in [-0.4, -0.2) is 48.9 Å². The van der Waals surface area contributed by atoms with Crippen LogP contribution in [-0.2, 0) is 18.6 Å². The molecule has 1 unspecified atom stereocenters. The van der Waals surface area contributed by atoms with Gasteiger partial charge in [0.1, 0.15) is 12.4 Å². The van der Waals surface area contributed by atoms with Crippen LogP contribution in [0.4, 0.5) is 0 Å². The number of ether oxygens (including phenoxy) is 3. The first-order valence-electron chi connectivity index (χ1n) is 10.1. The second-order valence-corrected chi connectivity index (χ2v) is 7.82. The first-order valence-corrected chi connectivity index (χ1v) is 11.6. The molecule has 0 amide bonds. The number of unbranched alkanes of at least 4 members (excludes halogenated alkanes) is 5. The largest absolute Gasteiger partial charge is 0.491 e. The van der Waals surface area contributed by atoms with E-state index >= 15 is 0 Å². The number of benzene rings is 1. The van der Waals surface area contributed by atoms with E-state index in [-0.39, 0.29) is 6.61 Å². The number of para-hydroxylation sites is 1. The summed E-state index contributed by atoms with van der Waals surface area (Å²) in [4.78, 5) is 18.1. The van der Waals surface area contributed by atoms with Crippen LogP contribution >= 0.6 is 7.82 Å². The van der Waals surface area contributed by atoms with E-state index in [9.17, 15) is 4.57 Å². The Bertz CT molecular complexity index is 521. The molecule has 162 valence electrons. The van der Waals surface area contributed by atoms with Gasteiger partial charge in [0.2, 0.25) is 0 Å². The molecule has 28 heavy (non-hydrogen) atoms. The molecule has 0 aliphatic carbocycles. The Kier molecular flexibility index (Phi) is 14.3. The molecule has 0 aliphatic heterocycles. The van der Waals surface area contributed by atoms with Crippen LogP contribution in [0.3, 0.4) is 0 Å². The Hall–Kier alpha value is -0.950. The van der Waals surface area contributed by atoms with Gasteiger partial charge in [0.25, 0.3) is 0 Å². The normalized spacial score (nSPS) is 12.8. The summed E-state index contributed by atoms with van der Waals surface area (Å²) in [7, 11) is -4.52. The summed E-state index contributed by atoms with van der Waals surface area (Å²) in [5, 5.41) is 0. The average Bonchev–Trinajstić information content (AvgIpc) is 2.66. The van der Waals surface area contributed by atoms with Crippen LogP contribution in [0.15, 0.2) is 30.3 Å². The average molecular weight is 418 g/mol. The molecule has 2 N–H and O–H groups in total. The molecule has 0 saturated carbocycles. The topological polar surface area (TPSA) is 94.5 Å². The zero-order chi connectivity index (χ0) is 20.5. The Morgan fingerprint density at radius 3 is 2.25 bits per heavy atom. The molecule has 1 aromatic rings. The molecule has 1 aromatic carbocycles. The summed E-state index contributed by atoms with van der Waals surface area (Å²) in [5.41, 5.74) is 0. The van der Waals surface area contributed by atoms with Crippen molar-refractivity contribution in [3.05, 3.63) is 30.3 Å². The van der Waals surface area contributed by atoms with Crippen LogP contribution in [0, 0.1) is 0 Å². The summed E-state index contributed by atoms with van der Waals surface area (Å²) >= 11 is 0. The second-order valence-electron chi connectivity index (χ2n) is 6.62. The van der Waals surface area contributed by atoms with Crippen molar-refractivity contribution in [3.8, 4) is 5.75 Å². The zero-order valence-electron chi connectivity index (χ0n) is 16.8. The third-order valence-corrected chi connectivity index (χ3v) is 4.65. The summed E-state index contributed by atoms with van der Waals surface area (Å²) in [6, 6.07) is 9.51. The van der Waals surface area contributed by atoms with Crippen molar-refractivity contribution in [3.63, 3.8) is 0 Å². The fourth-order valence-corrected chi connectivity index (χ4v) is 3.24. The highest BCUT2D eigenvalue weighted by atomic mass is 31.2. The lowest BCUT2D eigenvalue weighted by Crippen LogP contribution is -2.21. The molecule has 0 aliphatic rings. The summed E-state index contributed by atoms with van der Waals surface area (Å²) < 4.78 is 32.4. The Morgan fingerprint density at radius 2 is 1.54 bits per heavy atom. The smallest absolute Gasteiger partial charge is 0.469 e. The van der Waals surface area contributed by atoms with E-state index in [1.54, 1.807) is 0 Å². The Balaban J connectivity index is 2.08. The lowest BCUT2D eigenvalue weighted by molar-refractivity contribution is -0.00355. The predicted octanol–water partition coefficient (Wildman–Crippen LogP) is 4.33. The van der Waals surface area contributed by atoms with Gasteiger partial charge in [-0.2, -0.15) is 0 Å². The minimum Gasteiger partial charge on any atom is -0.491 e. The van der Waals surface area contributed by atoms with Crippen molar-refractivity contribution < 1.29 is 33.1 Å². The van der Waals surface area contributed by atoms with E-state index in [1.807, 2.05) is 30.3 Å². The van der Waals surface area contributed by atoms with Crippen LogP contribution in [0.2, 0.25) is 0 Å². The van der Waals surface area contributed by atoms with Gasteiger partial charge >= 0.3 is 7.82 Å². The molecule has 0 bridgehead atoms. The van der Waals surface area contributed by atoms with Gasteiger partial charge in [-0.3, -0.25) is 4.52 Å². The van der Waals surface area contributed by atoms with Gasteiger partial charge in [-0.15, -0.1) is 0 Å². The van der Waals surface area contributed by atoms with Crippen molar-refractivity contribution in [2.24, 2.45) is 0 Å². The third kappa shape index (κ3) is 15.0. The Labute approximate surface area is 168 Å². The molecule has 0 heterocycles. The van der Waals surface area contributed by atoms with Crippen LogP contribution in [0.5, 0.6) is 5.75 Å². The van der Waals surface area contributed by atoms with Gasteiger partial charge in [0, 0.05) is 0 Å². The highest BCUT2D eigenvalue weighted by Gasteiger charge is 2.22. The molecule has 0 spiro atoms. The van der Waals surface area contributed by atoms with E-state index in [4.69, 9.17) is 28.5 Å². The van der Waals surface area contributed by atoms with Gasteiger partial charge in [-0.1, -0.05) is 63.6 Å². The van der Waals surface area contributed by atoms with Crippen molar-refractivity contribution in [2.45, 2.75) is 58.0 Å². The molecule has 8 heteroatoms. The number of phosphoric acid groups is 1. The molecule has 0 fully saturated rings. The number of rotatable bonds is 18. The molecule has 0 saturated heterocycles. The van der Waals surface area contributed by atoms with E-state index in [2.05, 4.69) is 6.92 Å². The van der Waals surface area contributed by atoms with Crippen LogP contribution < -0.4 is 4.74 Å². The Morgan fingerprint density at radius 1 is 0.893 bits per heavy atom. The van der Waals surface area contributed by atoms with Gasteiger partial charge < -0.3 is 24.0 Å². The van der Waals surface area contributed by atoms with E-state index in [0.717, 1.165) is 25.0 Å². The highest BCUT2D eigenvalue weighted by molar-refractivity contribution is 7.46. The van der Waals surface area contributed by atoms with Crippen molar-refractivity contribution in [2.75, 3.05) is 33.0 Å². The van der Waals surface area contributed by atoms with Gasteiger partial charge in [-0.05, 0) is 18.6 Å². The van der Waals surface area contributed by atoms with Crippen molar-refractivity contribution in [1.82, 2.24) is 0 Å². The molecule has 7 nitrogen and oxygen atoms in total. The fraction of sp³-hybridized carbons (Fsp3) is 0.700. The maximum absolute atomic E-state index is 11.1. The summed E-state index contributed by atoms with van der Waals surface area (Å²) in [6.45, 7) is 3.93. The minimum atomic E-state index is -4.52. The maximum Gasteiger partial charge on any atom is 0.469 e. The molecular formula is C20H35O7P. The first kappa shape index (κ1) is 25.1. The van der Waals surface area contributed by atoms with Crippen molar-refractivity contribution >= 4 is 7.82 Å². The quantitative estimate of drug-likeness (QED) is 0.271. The van der Waals surface area contributed by atoms with Crippen molar-refractivity contribution in [1.29, 1.82) is 0 Å². The number of hydrogen-bond acceptors (Lipinski definition) is 5. The molecule has 1 rings (SSSR count).